The first-order valence-electron chi connectivity index (χ1n) is 4.25. The second-order valence-corrected chi connectivity index (χ2v) is 2.67. The van der Waals surface area contributed by atoms with Gasteiger partial charge in [-0.05, 0) is 19.4 Å². The van der Waals surface area contributed by atoms with E-state index in [2.05, 4.69) is 12.2 Å². The molecule has 66 valence electrons. The van der Waals surface area contributed by atoms with Gasteiger partial charge < -0.3 is 11.1 Å². The molecule has 0 radical (unpaired) electrons. The van der Waals surface area contributed by atoms with Crippen LogP contribution in [0.15, 0.2) is 0 Å². The fourth-order valence-corrected chi connectivity index (χ4v) is 0.899. The van der Waals surface area contributed by atoms with E-state index >= 15 is 0 Å². The molecule has 3 heteroatoms. The van der Waals surface area contributed by atoms with Gasteiger partial charge in [0.1, 0.15) is 0 Å². The summed E-state index contributed by atoms with van der Waals surface area (Å²) in [4.78, 5) is 10.7. The number of hydrogen-bond donors (Lipinski definition) is 2. The van der Waals surface area contributed by atoms with E-state index in [0.717, 1.165) is 25.8 Å². The van der Waals surface area contributed by atoms with Gasteiger partial charge in [0, 0.05) is 0 Å². The summed E-state index contributed by atoms with van der Waals surface area (Å²) in [5.41, 5.74) is 5.13. The number of primary amides is 1. The highest BCUT2D eigenvalue weighted by molar-refractivity contribution is 5.79. The van der Waals surface area contributed by atoms with E-state index in [9.17, 15) is 4.79 Å². The zero-order valence-corrected chi connectivity index (χ0v) is 7.39. The normalized spacial score (nSPS) is 12.9. The van der Waals surface area contributed by atoms with Gasteiger partial charge in [0.15, 0.2) is 0 Å². The lowest BCUT2D eigenvalue weighted by molar-refractivity contribution is -0.120. The van der Waals surface area contributed by atoms with E-state index in [1.807, 2.05) is 6.92 Å². The molecule has 11 heavy (non-hydrogen) atoms. The van der Waals surface area contributed by atoms with Crippen molar-refractivity contribution in [3.05, 3.63) is 0 Å². The summed E-state index contributed by atoms with van der Waals surface area (Å²) in [5.74, 6) is -0.247. The lowest BCUT2D eigenvalue weighted by Crippen LogP contribution is -2.41. The molecule has 0 aromatic carbocycles. The van der Waals surface area contributed by atoms with Crippen LogP contribution in [-0.2, 0) is 4.79 Å². The van der Waals surface area contributed by atoms with Crippen LogP contribution < -0.4 is 11.1 Å². The lowest BCUT2D eigenvalue weighted by atomic mass is 10.2. The maximum atomic E-state index is 10.7. The molecule has 0 aliphatic carbocycles. The van der Waals surface area contributed by atoms with E-state index in [1.165, 1.54) is 0 Å². The predicted molar refractivity (Wildman–Crippen MR) is 46.2 cm³/mol. The number of hydrogen-bond acceptors (Lipinski definition) is 2. The molecule has 0 spiro atoms. The van der Waals surface area contributed by atoms with Gasteiger partial charge in [-0.1, -0.05) is 20.3 Å². The summed E-state index contributed by atoms with van der Waals surface area (Å²) in [6, 6.07) is -0.137. The average molecular weight is 158 g/mol. The molecular formula is C8H18N2O. The van der Waals surface area contributed by atoms with Crippen molar-refractivity contribution in [3.63, 3.8) is 0 Å². The van der Waals surface area contributed by atoms with Crippen LogP contribution in [0.5, 0.6) is 0 Å². The second-order valence-electron chi connectivity index (χ2n) is 2.67. The molecule has 0 saturated heterocycles. The Morgan fingerprint density at radius 3 is 2.55 bits per heavy atom. The van der Waals surface area contributed by atoms with Crippen molar-refractivity contribution in [2.75, 3.05) is 6.54 Å². The van der Waals surface area contributed by atoms with Crippen LogP contribution >= 0.6 is 0 Å². The molecule has 0 bridgehead atoms. The first-order chi connectivity index (χ1) is 5.22. The summed E-state index contributed by atoms with van der Waals surface area (Å²) in [6.07, 6.45) is 3.02. The van der Waals surface area contributed by atoms with Crippen molar-refractivity contribution < 1.29 is 4.79 Å². The standard InChI is InChI=1S/C8H18N2O/c1-3-5-6-10-7(4-2)8(9)11/h7,10H,3-6H2,1-2H3,(H2,9,11)/t7-/m0/s1. The van der Waals surface area contributed by atoms with Gasteiger partial charge in [-0.3, -0.25) is 4.79 Å². The average Bonchev–Trinajstić information content (AvgIpc) is 1.97. The van der Waals surface area contributed by atoms with E-state index in [-0.39, 0.29) is 11.9 Å². The molecule has 1 amide bonds. The molecule has 0 unspecified atom stereocenters. The van der Waals surface area contributed by atoms with Gasteiger partial charge in [-0.15, -0.1) is 0 Å². The van der Waals surface area contributed by atoms with Gasteiger partial charge in [-0.25, -0.2) is 0 Å². The Bertz CT molecular complexity index is 115. The number of carbonyl (C=O) groups is 1. The van der Waals surface area contributed by atoms with Gasteiger partial charge in [-0.2, -0.15) is 0 Å². The van der Waals surface area contributed by atoms with E-state index < -0.39 is 0 Å². The summed E-state index contributed by atoms with van der Waals surface area (Å²) >= 11 is 0. The highest BCUT2D eigenvalue weighted by atomic mass is 16.1. The molecule has 0 fully saturated rings. The van der Waals surface area contributed by atoms with Crippen LogP contribution in [0.3, 0.4) is 0 Å². The van der Waals surface area contributed by atoms with Crippen molar-refractivity contribution in [1.29, 1.82) is 0 Å². The molecule has 0 aliphatic rings. The van der Waals surface area contributed by atoms with Crippen LogP contribution in [0, 0.1) is 0 Å². The quantitative estimate of drug-likeness (QED) is 0.557. The lowest BCUT2D eigenvalue weighted by Gasteiger charge is -2.11. The fraction of sp³-hybridized carbons (Fsp3) is 0.875. The Kier molecular flexibility index (Phi) is 5.84. The summed E-state index contributed by atoms with van der Waals surface area (Å²) in [6.45, 7) is 4.96. The van der Waals surface area contributed by atoms with Gasteiger partial charge in [0.2, 0.25) is 5.91 Å². The minimum absolute atomic E-state index is 0.137. The monoisotopic (exact) mass is 158 g/mol. The Hall–Kier alpha value is -0.570. The molecule has 0 aromatic rings. The predicted octanol–water partition coefficient (Wildman–Crippen LogP) is 0.640. The van der Waals surface area contributed by atoms with E-state index in [4.69, 9.17) is 5.73 Å². The summed E-state index contributed by atoms with van der Waals surface area (Å²) in [7, 11) is 0. The highest BCUT2D eigenvalue weighted by Gasteiger charge is 2.09. The number of carbonyl (C=O) groups excluding carboxylic acids is 1. The van der Waals surface area contributed by atoms with Crippen molar-refractivity contribution >= 4 is 5.91 Å². The third-order valence-corrected chi connectivity index (χ3v) is 1.67. The number of nitrogens with two attached hydrogens (primary N) is 1. The Labute approximate surface area is 68.3 Å². The minimum atomic E-state index is -0.247. The molecular weight excluding hydrogens is 140 g/mol. The number of amides is 1. The smallest absolute Gasteiger partial charge is 0.234 e. The van der Waals surface area contributed by atoms with E-state index in [0.29, 0.717) is 0 Å². The summed E-state index contributed by atoms with van der Waals surface area (Å²) < 4.78 is 0. The van der Waals surface area contributed by atoms with Gasteiger partial charge in [0.05, 0.1) is 6.04 Å². The van der Waals surface area contributed by atoms with Crippen LogP contribution in [0.1, 0.15) is 33.1 Å². The van der Waals surface area contributed by atoms with Crippen LogP contribution in [0.4, 0.5) is 0 Å². The van der Waals surface area contributed by atoms with Crippen LogP contribution in [-0.4, -0.2) is 18.5 Å². The molecule has 0 heterocycles. The Morgan fingerprint density at radius 1 is 1.55 bits per heavy atom. The topological polar surface area (TPSA) is 55.1 Å². The van der Waals surface area contributed by atoms with Crippen molar-refractivity contribution in [3.8, 4) is 0 Å². The second kappa shape index (κ2) is 6.16. The Balaban J connectivity index is 3.44. The Morgan fingerprint density at radius 2 is 2.18 bits per heavy atom. The van der Waals surface area contributed by atoms with Crippen LogP contribution in [0.25, 0.3) is 0 Å². The summed E-state index contributed by atoms with van der Waals surface area (Å²) in [5, 5.41) is 3.10. The van der Waals surface area contributed by atoms with Gasteiger partial charge in [0.25, 0.3) is 0 Å². The molecule has 3 N–H and O–H groups in total. The number of nitrogens with one attached hydrogen (secondary N) is 1. The molecule has 3 nitrogen and oxygen atoms in total. The first-order valence-corrected chi connectivity index (χ1v) is 4.25. The molecule has 0 rings (SSSR count). The molecule has 1 atom stereocenters. The number of unbranched alkanes of at least 4 members (excludes halogenated alkanes) is 1. The third-order valence-electron chi connectivity index (χ3n) is 1.67. The van der Waals surface area contributed by atoms with Crippen molar-refractivity contribution in [1.82, 2.24) is 5.32 Å². The molecule has 0 saturated carbocycles. The van der Waals surface area contributed by atoms with Crippen LogP contribution in [0.2, 0.25) is 0 Å². The fourth-order valence-electron chi connectivity index (χ4n) is 0.899. The van der Waals surface area contributed by atoms with E-state index in [1.54, 1.807) is 0 Å². The highest BCUT2D eigenvalue weighted by Crippen LogP contribution is 1.90. The zero-order valence-electron chi connectivity index (χ0n) is 7.39. The third kappa shape index (κ3) is 4.79. The maximum absolute atomic E-state index is 10.7. The SMILES string of the molecule is CCCCN[C@@H](CC)C(N)=O. The largest absolute Gasteiger partial charge is 0.368 e. The number of rotatable bonds is 6. The first kappa shape index (κ1) is 10.4. The van der Waals surface area contributed by atoms with Crippen molar-refractivity contribution in [2.45, 2.75) is 39.2 Å². The zero-order chi connectivity index (χ0) is 8.69. The minimum Gasteiger partial charge on any atom is -0.368 e. The maximum Gasteiger partial charge on any atom is 0.234 e. The van der Waals surface area contributed by atoms with Gasteiger partial charge >= 0.3 is 0 Å². The molecule has 0 aliphatic heterocycles. The molecule has 0 aromatic heterocycles. The van der Waals surface area contributed by atoms with Crippen molar-refractivity contribution in [2.24, 2.45) is 5.73 Å².